The van der Waals surface area contributed by atoms with E-state index in [2.05, 4.69) is 71.9 Å². The first kappa shape index (κ1) is 15.6. The minimum Gasteiger partial charge on any atom is -0.0843 e. The number of rotatable bonds is 1. The van der Waals surface area contributed by atoms with E-state index < -0.39 is 0 Å². The standard InChI is InChI=1S/C21H25Cl/c1-19(2)17-12-9-15(14-7-10-16(22)11-8-14)13-18(17)20(3,4)21(19,5)6/h7-13H,1-6H3. The maximum absolute atomic E-state index is 6.01. The maximum Gasteiger partial charge on any atom is 0.0406 e. The van der Waals surface area contributed by atoms with E-state index in [1.165, 1.54) is 22.3 Å². The highest BCUT2D eigenvalue weighted by Gasteiger charge is 2.56. The zero-order valence-corrected chi connectivity index (χ0v) is 15.2. The van der Waals surface area contributed by atoms with Crippen molar-refractivity contribution in [2.24, 2.45) is 5.41 Å². The van der Waals surface area contributed by atoms with Crippen LogP contribution in [0.2, 0.25) is 5.02 Å². The number of halogens is 1. The van der Waals surface area contributed by atoms with E-state index in [1.54, 1.807) is 0 Å². The lowest BCUT2D eigenvalue weighted by atomic mass is 9.59. The molecule has 0 nitrogen and oxygen atoms in total. The quantitative estimate of drug-likeness (QED) is 0.556. The monoisotopic (exact) mass is 312 g/mol. The summed E-state index contributed by atoms with van der Waals surface area (Å²) in [6.07, 6.45) is 0. The number of benzene rings is 2. The molecule has 22 heavy (non-hydrogen) atoms. The highest BCUT2D eigenvalue weighted by Crippen LogP contribution is 2.61. The number of fused-ring (bicyclic) bond motifs is 1. The van der Waals surface area contributed by atoms with E-state index in [9.17, 15) is 0 Å². The van der Waals surface area contributed by atoms with Crippen molar-refractivity contribution >= 4 is 11.6 Å². The van der Waals surface area contributed by atoms with Crippen molar-refractivity contribution in [1.82, 2.24) is 0 Å². The Labute approximate surface area is 139 Å². The predicted molar refractivity (Wildman–Crippen MR) is 96.7 cm³/mol. The summed E-state index contributed by atoms with van der Waals surface area (Å²) in [5.74, 6) is 0. The molecule has 0 saturated carbocycles. The van der Waals surface area contributed by atoms with E-state index in [-0.39, 0.29) is 16.2 Å². The third kappa shape index (κ3) is 1.90. The van der Waals surface area contributed by atoms with Crippen LogP contribution in [-0.4, -0.2) is 0 Å². The Morgan fingerprint density at radius 3 is 1.73 bits per heavy atom. The molecular weight excluding hydrogens is 288 g/mol. The van der Waals surface area contributed by atoms with Gasteiger partial charge in [-0.15, -0.1) is 0 Å². The van der Waals surface area contributed by atoms with Crippen LogP contribution in [0.4, 0.5) is 0 Å². The molecule has 2 aromatic carbocycles. The Hall–Kier alpha value is -1.27. The minimum atomic E-state index is 0.147. The Morgan fingerprint density at radius 2 is 1.14 bits per heavy atom. The fourth-order valence-electron chi connectivity index (χ4n) is 3.88. The van der Waals surface area contributed by atoms with Gasteiger partial charge in [0.2, 0.25) is 0 Å². The summed E-state index contributed by atoms with van der Waals surface area (Å²) in [6.45, 7) is 14.3. The molecule has 1 heteroatoms. The Morgan fingerprint density at radius 1 is 0.636 bits per heavy atom. The molecule has 1 aliphatic rings. The molecule has 0 aromatic heterocycles. The Balaban J connectivity index is 2.19. The van der Waals surface area contributed by atoms with Crippen LogP contribution in [0.5, 0.6) is 0 Å². The third-order valence-corrected chi connectivity index (χ3v) is 6.92. The highest BCUT2D eigenvalue weighted by molar-refractivity contribution is 6.30. The molecule has 0 saturated heterocycles. The molecular formula is C21H25Cl. The summed E-state index contributed by atoms with van der Waals surface area (Å²) in [7, 11) is 0. The van der Waals surface area contributed by atoms with Gasteiger partial charge < -0.3 is 0 Å². The van der Waals surface area contributed by atoms with Crippen molar-refractivity contribution in [2.75, 3.05) is 0 Å². The van der Waals surface area contributed by atoms with E-state index >= 15 is 0 Å². The second-order valence-corrected chi connectivity index (χ2v) is 8.58. The zero-order chi connectivity index (χ0) is 16.3. The van der Waals surface area contributed by atoms with Crippen molar-refractivity contribution in [2.45, 2.75) is 52.4 Å². The van der Waals surface area contributed by atoms with Crippen LogP contribution in [0.3, 0.4) is 0 Å². The molecule has 0 aliphatic heterocycles. The van der Waals surface area contributed by atoms with Gasteiger partial charge in [0.15, 0.2) is 0 Å². The molecule has 0 unspecified atom stereocenters. The summed E-state index contributed by atoms with van der Waals surface area (Å²) >= 11 is 6.01. The van der Waals surface area contributed by atoms with Gasteiger partial charge in [0.05, 0.1) is 0 Å². The van der Waals surface area contributed by atoms with Crippen molar-refractivity contribution in [1.29, 1.82) is 0 Å². The SMILES string of the molecule is CC1(C)c2ccc(-c3ccc(Cl)cc3)cc2C(C)(C)C1(C)C. The van der Waals surface area contributed by atoms with E-state index in [0.717, 1.165) is 5.02 Å². The first-order chi connectivity index (χ1) is 10.1. The van der Waals surface area contributed by atoms with Gasteiger partial charge in [-0.3, -0.25) is 0 Å². The van der Waals surface area contributed by atoms with Gasteiger partial charge in [0.1, 0.15) is 0 Å². The molecule has 1 aliphatic carbocycles. The molecule has 0 amide bonds. The first-order valence-corrected chi connectivity index (χ1v) is 8.38. The number of hydrogen-bond donors (Lipinski definition) is 0. The van der Waals surface area contributed by atoms with E-state index in [0.29, 0.717) is 0 Å². The maximum atomic E-state index is 6.01. The fourth-order valence-corrected chi connectivity index (χ4v) is 4.01. The topological polar surface area (TPSA) is 0 Å². The Kier molecular flexibility index (Phi) is 3.28. The number of hydrogen-bond acceptors (Lipinski definition) is 0. The zero-order valence-electron chi connectivity index (χ0n) is 14.4. The van der Waals surface area contributed by atoms with Crippen LogP contribution in [0.15, 0.2) is 42.5 Å². The fraction of sp³-hybridized carbons (Fsp3) is 0.429. The van der Waals surface area contributed by atoms with E-state index in [4.69, 9.17) is 11.6 Å². The molecule has 0 radical (unpaired) electrons. The van der Waals surface area contributed by atoms with Crippen LogP contribution in [0.25, 0.3) is 11.1 Å². The predicted octanol–water partition coefficient (Wildman–Crippen LogP) is 6.60. The summed E-state index contributed by atoms with van der Waals surface area (Å²) in [4.78, 5) is 0. The lowest BCUT2D eigenvalue weighted by Crippen LogP contribution is -2.42. The van der Waals surface area contributed by atoms with Crippen molar-refractivity contribution < 1.29 is 0 Å². The summed E-state index contributed by atoms with van der Waals surface area (Å²) < 4.78 is 0. The molecule has 0 fully saturated rings. The Bertz CT molecular complexity index is 718. The molecule has 0 N–H and O–H groups in total. The molecule has 0 atom stereocenters. The minimum absolute atomic E-state index is 0.147. The van der Waals surface area contributed by atoms with Gasteiger partial charge in [0.25, 0.3) is 0 Å². The van der Waals surface area contributed by atoms with Gasteiger partial charge in [-0.25, -0.2) is 0 Å². The smallest absolute Gasteiger partial charge is 0.0406 e. The van der Waals surface area contributed by atoms with Crippen LogP contribution >= 0.6 is 11.6 Å². The van der Waals surface area contributed by atoms with Gasteiger partial charge in [-0.2, -0.15) is 0 Å². The van der Waals surface area contributed by atoms with Crippen LogP contribution in [-0.2, 0) is 10.8 Å². The van der Waals surface area contributed by atoms with Crippen LogP contribution < -0.4 is 0 Å². The van der Waals surface area contributed by atoms with Gasteiger partial charge in [-0.1, -0.05) is 83.5 Å². The molecule has 3 rings (SSSR count). The highest BCUT2D eigenvalue weighted by atomic mass is 35.5. The first-order valence-electron chi connectivity index (χ1n) is 8.00. The van der Waals surface area contributed by atoms with Gasteiger partial charge in [-0.05, 0) is 50.6 Å². The lowest BCUT2D eigenvalue weighted by Gasteiger charge is -2.44. The molecule has 2 aromatic rings. The van der Waals surface area contributed by atoms with Crippen LogP contribution in [0, 0.1) is 5.41 Å². The lowest BCUT2D eigenvalue weighted by molar-refractivity contribution is 0.125. The summed E-state index contributed by atoms with van der Waals surface area (Å²) in [6, 6.07) is 15.1. The molecule has 0 heterocycles. The molecule has 0 bridgehead atoms. The second-order valence-electron chi connectivity index (χ2n) is 8.14. The van der Waals surface area contributed by atoms with Crippen molar-refractivity contribution in [3.05, 3.63) is 58.6 Å². The largest absolute Gasteiger partial charge is 0.0843 e. The average Bonchev–Trinajstić information content (AvgIpc) is 2.56. The van der Waals surface area contributed by atoms with Gasteiger partial charge >= 0.3 is 0 Å². The van der Waals surface area contributed by atoms with Crippen molar-refractivity contribution in [3.8, 4) is 11.1 Å². The van der Waals surface area contributed by atoms with Gasteiger partial charge in [0, 0.05) is 5.02 Å². The summed E-state index contributed by atoms with van der Waals surface area (Å²) in [5, 5.41) is 0.785. The molecule has 116 valence electrons. The van der Waals surface area contributed by atoms with E-state index in [1.807, 2.05) is 12.1 Å². The average molecular weight is 313 g/mol. The van der Waals surface area contributed by atoms with Crippen molar-refractivity contribution in [3.63, 3.8) is 0 Å². The molecule has 0 spiro atoms. The normalized spacial score (nSPS) is 20.7. The second kappa shape index (κ2) is 4.61. The third-order valence-electron chi connectivity index (χ3n) is 6.67. The summed E-state index contributed by atoms with van der Waals surface area (Å²) in [5.41, 5.74) is 6.00. The van der Waals surface area contributed by atoms with Crippen LogP contribution in [0.1, 0.15) is 52.7 Å².